The van der Waals surface area contributed by atoms with Crippen LogP contribution in [0.1, 0.15) is 0 Å². The van der Waals surface area contributed by atoms with E-state index in [-0.39, 0.29) is 0 Å². The van der Waals surface area contributed by atoms with Crippen molar-refractivity contribution in [2.24, 2.45) is 0 Å². The molecule has 0 aliphatic carbocycles. The molecule has 0 N–H and O–H groups in total. The lowest BCUT2D eigenvalue weighted by Crippen LogP contribution is -1.79. The lowest BCUT2D eigenvalue weighted by molar-refractivity contribution is 1.38. The van der Waals surface area contributed by atoms with Crippen LogP contribution in [0.3, 0.4) is 0 Å². The summed E-state index contributed by atoms with van der Waals surface area (Å²) in [6, 6.07) is 8.23. The predicted octanol–water partition coefficient (Wildman–Crippen LogP) is 3.60. The van der Waals surface area contributed by atoms with Gasteiger partial charge in [0.2, 0.25) is 0 Å². The fourth-order valence-corrected chi connectivity index (χ4v) is 1.89. The quantitative estimate of drug-likeness (QED) is 0.671. The van der Waals surface area contributed by atoms with E-state index >= 15 is 0 Å². The molecular formula is C9H5BrIN. The summed E-state index contributed by atoms with van der Waals surface area (Å²) in [4.78, 5) is 4.30. The molecule has 3 heteroatoms. The number of hydrogen-bond donors (Lipinski definition) is 0. The van der Waals surface area contributed by atoms with Gasteiger partial charge in [0.25, 0.3) is 0 Å². The van der Waals surface area contributed by atoms with E-state index in [0.717, 1.165) is 9.99 Å². The van der Waals surface area contributed by atoms with Crippen LogP contribution in [-0.2, 0) is 0 Å². The van der Waals surface area contributed by atoms with Crippen LogP contribution in [0.5, 0.6) is 0 Å². The second-order valence-corrected chi connectivity index (χ2v) is 4.65. The molecule has 0 atom stereocenters. The van der Waals surface area contributed by atoms with Crippen molar-refractivity contribution < 1.29 is 0 Å². The van der Waals surface area contributed by atoms with Gasteiger partial charge in [0.15, 0.2) is 0 Å². The van der Waals surface area contributed by atoms with E-state index in [1.165, 1.54) is 8.96 Å². The Labute approximate surface area is 92.5 Å². The van der Waals surface area contributed by atoms with Gasteiger partial charge in [-0.15, -0.1) is 0 Å². The van der Waals surface area contributed by atoms with Crippen molar-refractivity contribution in [2.45, 2.75) is 0 Å². The third kappa shape index (κ3) is 1.61. The summed E-state index contributed by atoms with van der Waals surface area (Å²) in [5.74, 6) is 0. The van der Waals surface area contributed by atoms with Crippen molar-refractivity contribution in [3.05, 3.63) is 38.5 Å². The van der Waals surface area contributed by atoms with Crippen molar-refractivity contribution in [2.75, 3.05) is 0 Å². The van der Waals surface area contributed by atoms with Gasteiger partial charge in [-0.1, -0.05) is 22.0 Å². The number of hydrogen-bond acceptors (Lipinski definition) is 1. The average molecular weight is 334 g/mol. The second kappa shape index (κ2) is 3.30. The molecule has 0 saturated heterocycles. The van der Waals surface area contributed by atoms with Crippen LogP contribution in [0.2, 0.25) is 0 Å². The molecule has 0 fully saturated rings. The Morgan fingerprint density at radius 3 is 2.92 bits per heavy atom. The van der Waals surface area contributed by atoms with E-state index in [2.05, 4.69) is 55.6 Å². The number of fused-ring (bicyclic) bond motifs is 1. The first-order valence-corrected chi connectivity index (χ1v) is 5.34. The minimum absolute atomic E-state index is 1.03. The zero-order valence-corrected chi connectivity index (χ0v) is 9.83. The van der Waals surface area contributed by atoms with Gasteiger partial charge in [0.05, 0.1) is 5.52 Å². The van der Waals surface area contributed by atoms with E-state index < -0.39 is 0 Å². The molecule has 0 unspecified atom stereocenters. The molecule has 0 saturated carbocycles. The third-order valence-electron chi connectivity index (χ3n) is 1.61. The number of rotatable bonds is 0. The molecule has 0 spiro atoms. The number of nitrogens with zero attached hydrogens (tertiary/aromatic N) is 1. The molecule has 2 rings (SSSR count). The zero-order valence-electron chi connectivity index (χ0n) is 6.09. The van der Waals surface area contributed by atoms with E-state index in [9.17, 15) is 0 Å². The number of pyridine rings is 1. The van der Waals surface area contributed by atoms with Crippen molar-refractivity contribution in [3.63, 3.8) is 0 Å². The van der Waals surface area contributed by atoms with E-state index in [0.29, 0.717) is 0 Å². The molecule has 12 heavy (non-hydrogen) atoms. The van der Waals surface area contributed by atoms with Crippen LogP contribution < -0.4 is 0 Å². The Morgan fingerprint density at radius 2 is 2.08 bits per heavy atom. The lowest BCUT2D eigenvalue weighted by Gasteiger charge is -1.97. The topological polar surface area (TPSA) is 12.9 Å². The SMILES string of the molecule is Brc1ccc2cc(I)cnc2c1. The standard InChI is InChI=1S/C9H5BrIN/c10-7-2-1-6-3-8(11)5-12-9(6)4-7/h1-5H. The van der Waals surface area contributed by atoms with Crippen LogP contribution in [0.25, 0.3) is 10.9 Å². The predicted molar refractivity (Wildman–Crippen MR) is 62.2 cm³/mol. The van der Waals surface area contributed by atoms with E-state index in [1.807, 2.05) is 18.3 Å². The van der Waals surface area contributed by atoms with Crippen LogP contribution in [-0.4, -0.2) is 4.98 Å². The average Bonchev–Trinajstić information content (AvgIpc) is 2.05. The Bertz CT molecular complexity index is 387. The Morgan fingerprint density at radius 1 is 1.25 bits per heavy atom. The van der Waals surface area contributed by atoms with Crippen molar-refractivity contribution >= 4 is 49.4 Å². The maximum absolute atomic E-state index is 4.30. The Hall–Kier alpha value is -0.160. The summed E-state index contributed by atoms with van der Waals surface area (Å²) in [6.45, 7) is 0. The van der Waals surface area contributed by atoms with Gasteiger partial charge < -0.3 is 0 Å². The molecule has 1 aromatic heterocycles. The van der Waals surface area contributed by atoms with Crippen LogP contribution in [0, 0.1) is 3.57 Å². The highest BCUT2D eigenvalue weighted by Crippen LogP contribution is 2.19. The molecule has 60 valence electrons. The highest BCUT2D eigenvalue weighted by Gasteiger charge is 1.95. The maximum Gasteiger partial charge on any atom is 0.0713 e. The monoisotopic (exact) mass is 333 g/mol. The van der Waals surface area contributed by atoms with Gasteiger partial charge in [-0.3, -0.25) is 4.98 Å². The Balaban J connectivity index is 2.79. The summed E-state index contributed by atoms with van der Waals surface area (Å²) >= 11 is 5.67. The van der Waals surface area contributed by atoms with Crippen LogP contribution >= 0.6 is 38.5 Å². The van der Waals surface area contributed by atoms with Gasteiger partial charge in [-0.25, -0.2) is 0 Å². The number of halogens is 2. The fraction of sp³-hybridized carbons (Fsp3) is 0. The Kier molecular flexibility index (Phi) is 2.32. The molecule has 0 aliphatic rings. The van der Waals surface area contributed by atoms with Gasteiger partial charge in [0.1, 0.15) is 0 Å². The zero-order chi connectivity index (χ0) is 8.55. The minimum Gasteiger partial charge on any atom is -0.255 e. The van der Waals surface area contributed by atoms with Crippen molar-refractivity contribution in [1.29, 1.82) is 0 Å². The van der Waals surface area contributed by atoms with E-state index in [4.69, 9.17) is 0 Å². The van der Waals surface area contributed by atoms with Crippen molar-refractivity contribution in [3.8, 4) is 0 Å². The smallest absolute Gasteiger partial charge is 0.0713 e. The minimum atomic E-state index is 1.03. The number of benzene rings is 1. The molecule has 0 bridgehead atoms. The largest absolute Gasteiger partial charge is 0.255 e. The van der Waals surface area contributed by atoms with Crippen LogP contribution in [0.4, 0.5) is 0 Å². The molecule has 0 radical (unpaired) electrons. The van der Waals surface area contributed by atoms with E-state index in [1.54, 1.807) is 0 Å². The molecule has 1 nitrogen and oxygen atoms in total. The van der Waals surface area contributed by atoms with Gasteiger partial charge in [-0.2, -0.15) is 0 Å². The van der Waals surface area contributed by atoms with Gasteiger partial charge in [-0.05, 0) is 40.8 Å². The lowest BCUT2D eigenvalue weighted by atomic mass is 10.2. The normalized spacial score (nSPS) is 10.5. The second-order valence-electron chi connectivity index (χ2n) is 2.49. The first kappa shape index (κ1) is 8.44. The van der Waals surface area contributed by atoms with Crippen LogP contribution in [0.15, 0.2) is 34.9 Å². The molecular weight excluding hydrogens is 329 g/mol. The van der Waals surface area contributed by atoms with Gasteiger partial charge >= 0.3 is 0 Å². The highest BCUT2D eigenvalue weighted by molar-refractivity contribution is 14.1. The fourth-order valence-electron chi connectivity index (χ4n) is 1.07. The number of aromatic nitrogens is 1. The highest BCUT2D eigenvalue weighted by atomic mass is 127. The summed E-state index contributed by atoms with van der Waals surface area (Å²) in [7, 11) is 0. The summed E-state index contributed by atoms with van der Waals surface area (Å²) in [6.07, 6.45) is 1.87. The molecule has 0 aliphatic heterocycles. The summed E-state index contributed by atoms with van der Waals surface area (Å²) < 4.78 is 2.24. The molecule has 0 amide bonds. The molecule has 1 aromatic carbocycles. The molecule has 2 aromatic rings. The maximum atomic E-state index is 4.30. The first-order chi connectivity index (χ1) is 5.75. The first-order valence-electron chi connectivity index (χ1n) is 3.46. The molecule has 1 heterocycles. The van der Waals surface area contributed by atoms with Crippen molar-refractivity contribution in [1.82, 2.24) is 4.98 Å². The summed E-state index contributed by atoms with van der Waals surface area (Å²) in [5, 5.41) is 1.19. The summed E-state index contributed by atoms with van der Waals surface area (Å²) in [5.41, 5.74) is 1.03. The van der Waals surface area contributed by atoms with Gasteiger partial charge in [0, 0.05) is 19.6 Å². The third-order valence-corrected chi connectivity index (χ3v) is 2.70.